The van der Waals surface area contributed by atoms with Gasteiger partial charge in [-0.2, -0.15) is 11.8 Å². The number of carbonyl (C=O) groups is 1. The number of thioether (sulfide) groups is 1. The summed E-state index contributed by atoms with van der Waals surface area (Å²) in [5, 5.41) is 8.61. The van der Waals surface area contributed by atoms with Gasteiger partial charge in [-0.3, -0.25) is 4.79 Å². The minimum absolute atomic E-state index is 0.0918. The lowest BCUT2D eigenvalue weighted by Gasteiger charge is -2.16. The zero-order chi connectivity index (χ0) is 11.8. The minimum Gasteiger partial charge on any atom is -0.396 e. The van der Waals surface area contributed by atoms with Crippen LogP contribution < -0.4 is 4.90 Å². The summed E-state index contributed by atoms with van der Waals surface area (Å²) in [6.07, 6.45) is 0.743. The largest absolute Gasteiger partial charge is 0.396 e. The molecule has 0 saturated carbocycles. The van der Waals surface area contributed by atoms with Crippen LogP contribution in [0.3, 0.4) is 0 Å². The van der Waals surface area contributed by atoms with Gasteiger partial charge in [0.25, 0.3) is 0 Å². The van der Waals surface area contributed by atoms with Crippen molar-refractivity contribution in [2.45, 2.75) is 6.42 Å². The highest BCUT2D eigenvalue weighted by Gasteiger charge is 2.09. The number of hydrogen-bond donors (Lipinski definition) is 1. The van der Waals surface area contributed by atoms with Gasteiger partial charge in [0.1, 0.15) is 0 Å². The van der Waals surface area contributed by atoms with Crippen molar-refractivity contribution in [3.63, 3.8) is 0 Å². The fourth-order valence-electron chi connectivity index (χ4n) is 1.22. The highest BCUT2D eigenvalue weighted by molar-refractivity contribution is 7.99. The average molecular weight is 239 g/mol. The van der Waals surface area contributed by atoms with Crippen LogP contribution in [0.4, 0.5) is 5.69 Å². The number of amides is 1. The van der Waals surface area contributed by atoms with Crippen LogP contribution in [-0.4, -0.2) is 36.2 Å². The van der Waals surface area contributed by atoms with Crippen LogP contribution in [-0.2, 0) is 4.79 Å². The molecule has 0 atom stereocenters. The first-order valence-electron chi connectivity index (χ1n) is 5.26. The maximum atomic E-state index is 11.7. The van der Waals surface area contributed by atoms with Gasteiger partial charge in [-0.15, -0.1) is 0 Å². The molecule has 0 heterocycles. The van der Waals surface area contributed by atoms with Crippen molar-refractivity contribution >= 4 is 23.4 Å². The molecule has 0 aromatic heterocycles. The fourth-order valence-corrected chi connectivity index (χ4v) is 2.06. The Morgan fingerprint density at radius 3 is 2.69 bits per heavy atom. The third-order valence-electron chi connectivity index (χ3n) is 2.19. The highest BCUT2D eigenvalue weighted by atomic mass is 32.2. The Bertz CT molecular complexity index is 316. The molecule has 0 aliphatic rings. The van der Waals surface area contributed by atoms with E-state index < -0.39 is 0 Å². The van der Waals surface area contributed by atoms with Gasteiger partial charge in [-0.05, 0) is 24.3 Å². The number of hydrogen-bond acceptors (Lipinski definition) is 3. The third-order valence-corrected chi connectivity index (χ3v) is 3.22. The van der Waals surface area contributed by atoms with E-state index in [1.165, 1.54) is 0 Å². The van der Waals surface area contributed by atoms with Crippen LogP contribution >= 0.6 is 11.8 Å². The molecule has 1 amide bonds. The molecule has 3 nitrogen and oxygen atoms in total. The molecule has 1 aromatic rings. The summed E-state index contributed by atoms with van der Waals surface area (Å²) in [4.78, 5) is 13.4. The number of benzene rings is 1. The average Bonchev–Trinajstić information content (AvgIpc) is 2.34. The van der Waals surface area contributed by atoms with E-state index >= 15 is 0 Å². The molecule has 0 aliphatic carbocycles. The fraction of sp³-hybridized carbons (Fsp3) is 0.417. The molecular formula is C12H17NO2S. The number of para-hydroxylation sites is 1. The molecule has 4 heteroatoms. The second-order valence-corrected chi connectivity index (χ2v) is 4.52. The van der Waals surface area contributed by atoms with Gasteiger partial charge in [0.15, 0.2) is 0 Å². The maximum Gasteiger partial charge on any atom is 0.236 e. The molecule has 0 aliphatic heterocycles. The number of carbonyl (C=O) groups excluding carboxylic acids is 1. The Kier molecular flexibility index (Phi) is 5.96. The molecule has 1 aromatic carbocycles. The second-order valence-electron chi connectivity index (χ2n) is 3.42. The summed E-state index contributed by atoms with van der Waals surface area (Å²) >= 11 is 1.56. The molecule has 0 saturated heterocycles. The van der Waals surface area contributed by atoms with Crippen LogP contribution in [0.25, 0.3) is 0 Å². The minimum atomic E-state index is 0.0918. The molecule has 0 spiro atoms. The van der Waals surface area contributed by atoms with Crippen molar-refractivity contribution in [3.05, 3.63) is 30.3 Å². The van der Waals surface area contributed by atoms with Gasteiger partial charge in [0, 0.05) is 19.3 Å². The van der Waals surface area contributed by atoms with Gasteiger partial charge < -0.3 is 10.0 Å². The zero-order valence-electron chi connectivity index (χ0n) is 9.43. The summed E-state index contributed by atoms with van der Waals surface area (Å²) < 4.78 is 0. The standard InChI is InChI=1S/C12H17NO2S/c1-13(11-6-3-2-4-7-11)12(15)10-16-9-5-8-14/h2-4,6-7,14H,5,8-10H2,1H3. The Balaban J connectivity index is 2.37. The van der Waals surface area contributed by atoms with Crippen LogP contribution in [0, 0.1) is 0 Å². The van der Waals surface area contributed by atoms with E-state index in [0.717, 1.165) is 17.9 Å². The third kappa shape index (κ3) is 4.24. The van der Waals surface area contributed by atoms with Gasteiger partial charge in [0.2, 0.25) is 5.91 Å². The van der Waals surface area contributed by atoms with Crippen molar-refractivity contribution in [2.24, 2.45) is 0 Å². The molecule has 0 radical (unpaired) electrons. The first-order valence-corrected chi connectivity index (χ1v) is 6.41. The van der Waals surface area contributed by atoms with Crippen molar-refractivity contribution < 1.29 is 9.90 Å². The van der Waals surface area contributed by atoms with Crippen LogP contribution in [0.2, 0.25) is 0 Å². The SMILES string of the molecule is CN(C(=O)CSCCCO)c1ccccc1. The summed E-state index contributed by atoms with van der Waals surface area (Å²) in [5.41, 5.74) is 0.912. The molecule has 0 fully saturated rings. The smallest absolute Gasteiger partial charge is 0.236 e. The molecule has 1 rings (SSSR count). The van der Waals surface area contributed by atoms with E-state index in [0.29, 0.717) is 5.75 Å². The Labute approximate surface area is 100 Å². The Morgan fingerprint density at radius 2 is 2.06 bits per heavy atom. The number of rotatable bonds is 6. The topological polar surface area (TPSA) is 40.5 Å². The van der Waals surface area contributed by atoms with Gasteiger partial charge >= 0.3 is 0 Å². The molecular weight excluding hydrogens is 222 g/mol. The summed E-state index contributed by atoms with van der Waals surface area (Å²) in [5.74, 6) is 1.38. The van der Waals surface area contributed by atoms with E-state index in [4.69, 9.17) is 5.11 Å². The van der Waals surface area contributed by atoms with E-state index in [1.807, 2.05) is 30.3 Å². The highest BCUT2D eigenvalue weighted by Crippen LogP contribution is 2.13. The quantitative estimate of drug-likeness (QED) is 0.769. The first kappa shape index (κ1) is 13.1. The summed E-state index contributed by atoms with van der Waals surface area (Å²) in [6.45, 7) is 0.190. The van der Waals surface area contributed by atoms with Crippen molar-refractivity contribution in [1.82, 2.24) is 0 Å². The second kappa shape index (κ2) is 7.30. The molecule has 88 valence electrons. The predicted octanol–water partition coefficient (Wildman–Crippen LogP) is 1.76. The van der Waals surface area contributed by atoms with Crippen LogP contribution in [0.15, 0.2) is 30.3 Å². The Morgan fingerprint density at radius 1 is 1.38 bits per heavy atom. The molecule has 0 unspecified atom stereocenters. The van der Waals surface area contributed by atoms with E-state index in [2.05, 4.69) is 0 Å². The lowest BCUT2D eigenvalue weighted by atomic mass is 10.3. The Hall–Kier alpha value is -1.00. The lowest BCUT2D eigenvalue weighted by Crippen LogP contribution is -2.27. The molecule has 16 heavy (non-hydrogen) atoms. The maximum absolute atomic E-state index is 11.7. The number of aliphatic hydroxyl groups excluding tert-OH is 1. The summed E-state index contributed by atoms with van der Waals surface area (Å²) in [6, 6.07) is 9.58. The normalized spacial score (nSPS) is 10.1. The molecule has 0 bridgehead atoms. The number of anilines is 1. The number of aliphatic hydroxyl groups is 1. The lowest BCUT2D eigenvalue weighted by molar-refractivity contribution is -0.115. The van der Waals surface area contributed by atoms with Gasteiger partial charge in [0.05, 0.1) is 5.75 Å². The van der Waals surface area contributed by atoms with Crippen molar-refractivity contribution in [3.8, 4) is 0 Å². The zero-order valence-corrected chi connectivity index (χ0v) is 10.2. The number of nitrogens with zero attached hydrogens (tertiary/aromatic N) is 1. The van der Waals surface area contributed by atoms with E-state index in [9.17, 15) is 4.79 Å². The van der Waals surface area contributed by atoms with Crippen LogP contribution in [0.1, 0.15) is 6.42 Å². The first-order chi connectivity index (χ1) is 7.75. The van der Waals surface area contributed by atoms with Crippen molar-refractivity contribution in [1.29, 1.82) is 0 Å². The summed E-state index contributed by atoms with van der Waals surface area (Å²) in [7, 11) is 1.78. The van der Waals surface area contributed by atoms with E-state index in [1.54, 1.807) is 23.7 Å². The van der Waals surface area contributed by atoms with Crippen molar-refractivity contribution in [2.75, 3.05) is 30.1 Å². The monoisotopic (exact) mass is 239 g/mol. The van der Waals surface area contributed by atoms with Crippen LogP contribution in [0.5, 0.6) is 0 Å². The van der Waals surface area contributed by atoms with Gasteiger partial charge in [-0.1, -0.05) is 18.2 Å². The van der Waals surface area contributed by atoms with Gasteiger partial charge in [-0.25, -0.2) is 0 Å². The molecule has 1 N–H and O–H groups in total. The van der Waals surface area contributed by atoms with E-state index in [-0.39, 0.29) is 12.5 Å². The predicted molar refractivity (Wildman–Crippen MR) is 68.9 cm³/mol.